The minimum absolute atomic E-state index is 0.104. The molecule has 1 aromatic carbocycles. The van der Waals surface area contributed by atoms with Crippen LogP contribution in [0.3, 0.4) is 0 Å². The van der Waals surface area contributed by atoms with Gasteiger partial charge in [0.25, 0.3) is 11.5 Å². The summed E-state index contributed by atoms with van der Waals surface area (Å²) < 4.78 is 1.27. The van der Waals surface area contributed by atoms with Crippen molar-refractivity contribution in [3.8, 4) is 5.69 Å². The van der Waals surface area contributed by atoms with Gasteiger partial charge in [-0.15, -0.1) is 0 Å². The molecule has 0 radical (unpaired) electrons. The van der Waals surface area contributed by atoms with Crippen LogP contribution < -0.4 is 5.56 Å². The minimum atomic E-state index is -0.242. The molecule has 0 saturated carbocycles. The fraction of sp³-hybridized carbons (Fsp3) is 0.267. The van der Waals surface area contributed by atoms with Crippen molar-refractivity contribution in [2.75, 3.05) is 13.1 Å². The first kappa shape index (κ1) is 12.6. The monoisotopic (exact) mass is 269 g/mol. The number of para-hydroxylation sites is 1. The van der Waals surface area contributed by atoms with Crippen molar-refractivity contribution in [3.63, 3.8) is 0 Å². The van der Waals surface area contributed by atoms with E-state index in [4.69, 9.17) is 0 Å². The zero-order valence-electron chi connectivity index (χ0n) is 11.0. The molecule has 1 aromatic heterocycles. The van der Waals surface area contributed by atoms with E-state index in [1.165, 1.54) is 16.8 Å². The van der Waals surface area contributed by atoms with Gasteiger partial charge in [-0.3, -0.25) is 9.59 Å². The van der Waals surface area contributed by atoms with Crippen molar-refractivity contribution in [2.45, 2.75) is 12.8 Å². The molecule has 0 spiro atoms. The number of carbonyl (C=O) groups is 1. The molecule has 2 heterocycles. The molecule has 2 aromatic rings. The van der Waals surface area contributed by atoms with Gasteiger partial charge in [-0.2, -0.15) is 9.78 Å². The van der Waals surface area contributed by atoms with Crippen molar-refractivity contribution in [1.82, 2.24) is 14.7 Å². The lowest BCUT2D eigenvalue weighted by molar-refractivity contribution is 0.0785. The number of rotatable bonds is 2. The van der Waals surface area contributed by atoms with E-state index in [1.807, 2.05) is 18.2 Å². The average molecular weight is 269 g/mol. The molecular weight excluding hydrogens is 254 g/mol. The Morgan fingerprint density at radius 3 is 2.40 bits per heavy atom. The lowest BCUT2D eigenvalue weighted by Crippen LogP contribution is -2.31. The Morgan fingerprint density at radius 1 is 1.00 bits per heavy atom. The van der Waals surface area contributed by atoms with E-state index in [2.05, 4.69) is 5.10 Å². The van der Waals surface area contributed by atoms with E-state index in [0.717, 1.165) is 25.9 Å². The van der Waals surface area contributed by atoms with Crippen LogP contribution in [0.1, 0.15) is 23.3 Å². The first-order valence-electron chi connectivity index (χ1n) is 6.71. The summed E-state index contributed by atoms with van der Waals surface area (Å²) in [5.41, 5.74) is 0.734. The van der Waals surface area contributed by atoms with E-state index in [9.17, 15) is 9.59 Å². The average Bonchev–Trinajstić information content (AvgIpc) is 3.02. The Balaban J connectivity index is 1.98. The van der Waals surface area contributed by atoms with Crippen molar-refractivity contribution < 1.29 is 4.79 Å². The Bertz CT molecular complexity index is 673. The Morgan fingerprint density at radius 2 is 1.70 bits per heavy atom. The SMILES string of the molecule is O=C(c1ccc(=O)n(-c2ccccc2)n1)N1CCCC1. The maximum atomic E-state index is 12.3. The summed E-state index contributed by atoms with van der Waals surface area (Å²) in [6.07, 6.45) is 2.06. The summed E-state index contributed by atoms with van der Waals surface area (Å²) in [6.45, 7) is 1.54. The highest BCUT2D eigenvalue weighted by Gasteiger charge is 2.21. The fourth-order valence-electron chi connectivity index (χ4n) is 2.36. The molecule has 1 aliphatic heterocycles. The van der Waals surface area contributed by atoms with Gasteiger partial charge < -0.3 is 4.90 Å². The van der Waals surface area contributed by atoms with Crippen LogP contribution in [0.2, 0.25) is 0 Å². The summed E-state index contributed by atoms with van der Waals surface area (Å²) in [6, 6.07) is 12.0. The molecule has 0 unspecified atom stereocenters. The second-order valence-electron chi connectivity index (χ2n) is 4.80. The number of nitrogens with zero attached hydrogens (tertiary/aromatic N) is 3. The Kier molecular flexibility index (Phi) is 3.33. The summed E-state index contributed by atoms with van der Waals surface area (Å²) in [5.74, 6) is -0.104. The minimum Gasteiger partial charge on any atom is -0.337 e. The van der Waals surface area contributed by atoms with Gasteiger partial charge in [0.2, 0.25) is 0 Å². The van der Waals surface area contributed by atoms with Gasteiger partial charge in [-0.25, -0.2) is 0 Å². The maximum absolute atomic E-state index is 12.3. The number of aromatic nitrogens is 2. The number of carbonyl (C=O) groups excluding carboxylic acids is 1. The third kappa shape index (κ3) is 2.34. The van der Waals surface area contributed by atoms with E-state index >= 15 is 0 Å². The van der Waals surface area contributed by atoms with Crippen molar-refractivity contribution in [2.24, 2.45) is 0 Å². The lowest BCUT2D eigenvalue weighted by Gasteiger charge is -2.15. The van der Waals surface area contributed by atoms with E-state index in [0.29, 0.717) is 11.4 Å². The van der Waals surface area contributed by atoms with Gasteiger partial charge in [0.15, 0.2) is 0 Å². The fourth-order valence-corrected chi connectivity index (χ4v) is 2.36. The first-order chi connectivity index (χ1) is 9.75. The molecule has 0 bridgehead atoms. The maximum Gasteiger partial charge on any atom is 0.274 e. The van der Waals surface area contributed by atoms with Crippen LogP contribution in [0.25, 0.3) is 5.69 Å². The van der Waals surface area contributed by atoms with Crippen molar-refractivity contribution >= 4 is 5.91 Å². The van der Waals surface area contributed by atoms with Crippen LogP contribution in [-0.2, 0) is 0 Å². The predicted octanol–water partition coefficient (Wildman–Crippen LogP) is 1.47. The molecule has 0 atom stereocenters. The lowest BCUT2D eigenvalue weighted by atomic mass is 10.3. The second kappa shape index (κ2) is 5.28. The number of likely N-dealkylation sites (tertiary alicyclic amines) is 1. The van der Waals surface area contributed by atoms with Crippen LogP contribution in [0.4, 0.5) is 0 Å². The van der Waals surface area contributed by atoms with Crippen LogP contribution in [-0.4, -0.2) is 33.7 Å². The largest absolute Gasteiger partial charge is 0.337 e. The topological polar surface area (TPSA) is 55.2 Å². The normalized spacial score (nSPS) is 14.5. The molecule has 0 N–H and O–H groups in total. The molecular formula is C15H15N3O2. The summed E-state index contributed by atoms with van der Waals surface area (Å²) in [4.78, 5) is 26.0. The third-order valence-corrected chi connectivity index (χ3v) is 3.41. The molecule has 0 aliphatic carbocycles. The quantitative estimate of drug-likeness (QED) is 0.829. The molecule has 1 aliphatic rings. The summed E-state index contributed by atoms with van der Waals surface area (Å²) in [5, 5.41) is 4.20. The highest BCUT2D eigenvalue weighted by atomic mass is 16.2. The van der Waals surface area contributed by atoms with Crippen LogP contribution in [0.15, 0.2) is 47.3 Å². The molecule has 5 heteroatoms. The van der Waals surface area contributed by atoms with E-state index < -0.39 is 0 Å². The Labute approximate surface area is 116 Å². The van der Waals surface area contributed by atoms with E-state index in [1.54, 1.807) is 17.0 Å². The van der Waals surface area contributed by atoms with E-state index in [-0.39, 0.29) is 11.5 Å². The van der Waals surface area contributed by atoms with Crippen molar-refractivity contribution in [3.05, 3.63) is 58.5 Å². The molecule has 20 heavy (non-hydrogen) atoms. The number of hydrogen-bond acceptors (Lipinski definition) is 3. The van der Waals surface area contributed by atoms with Crippen LogP contribution in [0.5, 0.6) is 0 Å². The van der Waals surface area contributed by atoms with Crippen molar-refractivity contribution in [1.29, 1.82) is 0 Å². The first-order valence-corrected chi connectivity index (χ1v) is 6.71. The molecule has 3 rings (SSSR count). The molecule has 1 amide bonds. The molecule has 102 valence electrons. The molecule has 1 fully saturated rings. The highest BCUT2D eigenvalue weighted by Crippen LogP contribution is 2.11. The number of benzene rings is 1. The predicted molar refractivity (Wildman–Crippen MR) is 75.0 cm³/mol. The Hall–Kier alpha value is -2.43. The third-order valence-electron chi connectivity index (χ3n) is 3.41. The van der Waals surface area contributed by atoms with Crippen LogP contribution >= 0.6 is 0 Å². The van der Waals surface area contributed by atoms with Gasteiger partial charge in [0.05, 0.1) is 5.69 Å². The number of hydrogen-bond donors (Lipinski definition) is 0. The second-order valence-corrected chi connectivity index (χ2v) is 4.80. The smallest absolute Gasteiger partial charge is 0.274 e. The van der Waals surface area contributed by atoms with Gasteiger partial charge in [-0.05, 0) is 31.0 Å². The number of amides is 1. The standard InChI is InChI=1S/C15H15N3O2/c19-14-9-8-13(15(20)17-10-4-5-11-17)16-18(14)12-6-2-1-3-7-12/h1-3,6-9H,4-5,10-11H2. The molecule has 5 nitrogen and oxygen atoms in total. The molecule has 1 saturated heterocycles. The van der Waals surface area contributed by atoms with Gasteiger partial charge >= 0.3 is 0 Å². The van der Waals surface area contributed by atoms with Gasteiger partial charge in [0.1, 0.15) is 5.69 Å². The van der Waals surface area contributed by atoms with Gasteiger partial charge in [-0.1, -0.05) is 18.2 Å². The zero-order valence-corrected chi connectivity index (χ0v) is 11.0. The summed E-state index contributed by atoms with van der Waals surface area (Å²) >= 11 is 0. The van der Waals surface area contributed by atoms with Crippen LogP contribution in [0, 0.1) is 0 Å². The highest BCUT2D eigenvalue weighted by molar-refractivity contribution is 5.92. The van der Waals surface area contributed by atoms with Gasteiger partial charge in [0, 0.05) is 19.2 Å². The zero-order chi connectivity index (χ0) is 13.9. The summed E-state index contributed by atoms with van der Waals surface area (Å²) in [7, 11) is 0.